The average molecular weight is 340 g/mol. The number of Topliss-reactive ketones (excluding diaryl/α,β-unsaturated/α-hetero) is 1. The molecule has 0 atom stereocenters. The van der Waals surface area contributed by atoms with Crippen LogP contribution in [-0.2, 0) is 0 Å². The number of pyridine rings is 1. The van der Waals surface area contributed by atoms with Crippen molar-refractivity contribution in [1.82, 2.24) is 4.90 Å². The summed E-state index contributed by atoms with van der Waals surface area (Å²) in [6.07, 6.45) is 3.91. The molecule has 0 spiro atoms. The number of rotatable bonds is 4. The number of likely N-dealkylation sites (tertiary alicyclic amines) is 1. The van der Waals surface area contributed by atoms with Crippen LogP contribution in [0.2, 0.25) is 0 Å². The molecule has 0 aliphatic carbocycles. The summed E-state index contributed by atoms with van der Waals surface area (Å²) in [6.45, 7) is 1.08. The predicted octanol–water partition coefficient (Wildman–Crippen LogP) is 2.06. The Bertz CT molecular complexity index is 748. The Morgan fingerprint density at radius 1 is 1.04 bits per heavy atom. The highest BCUT2D eigenvalue weighted by molar-refractivity contribution is 5.98. The third kappa shape index (κ3) is 3.79. The highest BCUT2D eigenvalue weighted by Crippen LogP contribution is 2.24. The summed E-state index contributed by atoms with van der Waals surface area (Å²) in [5, 5.41) is 11.1. The Morgan fingerprint density at radius 3 is 2.20 bits per heavy atom. The van der Waals surface area contributed by atoms with Gasteiger partial charge in [0.05, 0.1) is 12.7 Å². The third-order valence-electron chi connectivity index (χ3n) is 4.58. The van der Waals surface area contributed by atoms with Crippen molar-refractivity contribution >= 4 is 11.7 Å². The Morgan fingerprint density at radius 2 is 1.64 bits per heavy atom. The SMILES string of the molecule is COc1ccc(C(=O)C2CCN(C(=O)c3cc[n+]([O-])cc3)CC2)cc1. The topological polar surface area (TPSA) is 73.5 Å². The molecular weight excluding hydrogens is 320 g/mol. The highest BCUT2D eigenvalue weighted by atomic mass is 16.5. The molecule has 0 saturated carbocycles. The van der Waals surface area contributed by atoms with Crippen LogP contribution in [0.3, 0.4) is 0 Å². The lowest BCUT2D eigenvalue weighted by molar-refractivity contribution is -0.605. The summed E-state index contributed by atoms with van der Waals surface area (Å²) in [6, 6.07) is 10.2. The van der Waals surface area contributed by atoms with Crippen LogP contribution in [-0.4, -0.2) is 36.8 Å². The van der Waals surface area contributed by atoms with E-state index in [-0.39, 0.29) is 17.6 Å². The Hall–Kier alpha value is -2.89. The summed E-state index contributed by atoms with van der Waals surface area (Å²) >= 11 is 0. The molecule has 1 aliphatic heterocycles. The summed E-state index contributed by atoms with van der Waals surface area (Å²) in [5.74, 6) is 0.661. The fraction of sp³-hybridized carbons (Fsp3) is 0.316. The van der Waals surface area contributed by atoms with Gasteiger partial charge in [-0.25, -0.2) is 0 Å². The molecule has 1 saturated heterocycles. The fourth-order valence-electron chi connectivity index (χ4n) is 3.07. The minimum atomic E-state index is -0.101. The van der Waals surface area contributed by atoms with Gasteiger partial charge in [-0.15, -0.1) is 0 Å². The number of ether oxygens (including phenoxy) is 1. The standard InChI is InChI=1S/C19H20N2O4/c1-25-17-4-2-14(3-5-17)18(22)15-6-10-20(11-7-15)19(23)16-8-12-21(24)13-9-16/h2-5,8-9,12-13,15H,6-7,10-11H2,1H3. The number of hydrogen-bond acceptors (Lipinski definition) is 4. The number of amides is 1. The van der Waals surface area contributed by atoms with Crippen LogP contribution < -0.4 is 9.47 Å². The number of benzene rings is 1. The zero-order valence-corrected chi connectivity index (χ0v) is 14.1. The molecule has 0 unspecified atom stereocenters. The number of ketones is 1. The number of carbonyl (C=O) groups excluding carboxylic acids is 2. The van der Waals surface area contributed by atoms with E-state index in [2.05, 4.69) is 0 Å². The van der Waals surface area contributed by atoms with E-state index in [0.717, 1.165) is 5.75 Å². The van der Waals surface area contributed by atoms with Gasteiger partial charge < -0.3 is 14.8 Å². The molecule has 25 heavy (non-hydrogen) atoms. The van der Waals surface area contributed by atoms with E-state index in [0.29, 0.717) is 41.8 Å². The predicted molar refractivity (Wildman–Crippen MR) is 91.4 cm³/mol. The Balaban J connectivity index is 1.60. The lowest BCUT2D eigenvalue weighted by atomic mass is 9.88. The van der Waals surface area contributed by atoms with E-state index >= 15 is 0 Å². The monoisotopic (exact) mass is 340 g/mol. The maximum Gasteiger partial charge on any atom is 0.254 e. The number of methoxy groups -OCH3 is 1. The van der Waals surface area contributed by atoms with E-state index in [4.69, 9.17) is 4.74 Å². The first-order valence-electron chi connectivity index (χ1n) is 8.25. The fourth-order valence-corrected chi connectivity index (χ4v) is 3.07. The first-order valence-corrected chi connectivity index (χ1v) is 8.25. The van der Waals surface area contributed by atoms with Crippen molar-refractivity contribution in [3.63, 3.8) is 0 Å². The second-order valence-corrected chi connectivity index (χ2v) is 6.11. The summed E-state index contributed by atoms with van der Waals surface area (Å²) < 4.78 is 5.76. The quantitative estimate of drug-likeness (QED) is 0.485. The molecule has 0 N–H and O–H groups in total. The minimum Gasteiger partial charge on any atom is -0.619 e. The summed E-state index contributed by atoms with van der Waals surface area (Å²) in [5.41, 5.74) is 1.17. The Labute approximate surface area is 146 Å². The van der Waals surface area contributed by atoms with Crippen molar-refractivity contribution in [2.75, 3.05) is 20.2 Å². The molecule has 1 amide bonds. The molecule has 0 bridgehead atoms. The molecule has 0 radical (unpaired) electrons. The molecule has 1 fully saturated rings. The number of carbonyl (C=O) groups is 2. The number of hydrogen-bond donors (Lipinski definition) is 0. The third-order valence-corrected chi connectivity index (χ3v) is 4.58. The minimum absolute atomic E-state index is 0.0722. The van der Waals surface area contributed by atoms with Crippen molar-refractivity contribution in [3.05, 3.63) is 65.1 Å². The molecular formula is C19H20N2O4. The second kappa shape index (κ2) is 7.34. The molecule has 2 aromatic rings. The molecule has 130 valence electrons. The zero-order valence-electron chi connectivity index (χ0n) is 14.1. The molecule has 1 aliphatic rings. The number of aromatic nitrogens is 1. The first-order chi connectivity index (χ1) is 12.1. The van der Waals surface area contributed by atoms with E-state index in [1.165, 1.54) is 24.5 Å². The lowest BCUT2D eigenvalue weighted by Gasteiger charge is -2.31. The van der Waals surface area contributed by atoms with Gasteiger partial charge in [0.15, 0.2) is 18.2 Å². The van der Waals surface area contributed by atoms with Gasteiger partial charge in [0.1, 0.15) is 5.75 Å². The van der Waals surface area contributed by atoms with E-state index in [1.807, 2.05) is 0 Å². The summed E-state index contributed by atoms with van der Waals surface area (Å²) in [7, 11) is 1.59. The van der Waals surface area contributed by atoms with Gasteiger partial charge in [0.2, 0.25) is 0 Å². The normalized spacial score (nSPS) is 15.0. The van der Waals surface area contributed by atoms with Crippen LogP contribution in [0.15, 0.2) is 48.8 Å². The Kier molecular flexibility index (Phi) is 4.97. The van der Waals surface area contributed by atoms with Crippen molar-refractivity contribution in [2.24, 2.45) is 5.92 Å². The van der Waals surface area contributed by atoms with Gasteiger partial charge in [0.25, 0.3) is 5.91 Å². The van der Waals surface area contributed by atoms with Gasteiger partial charge in [-0.3, -0.25) is 9.59 Å². The van der Waals surface area contributed by atoms with E-state index in [1.54, 1.807) is 36.3 Å². The summed E-state index contributed by atoms with van der Waals surface area (Å²) in [4.78, 5) is 26.8. The van der Waals surface area contributed by atoms with Crippen LogP contribution in [0, 0.1) is 11.1 Å². The lowest BCUT2D eigenvalue weighted by Crippen LogP contribution is -2.40. The van der Waals surface area contributed by atoms with Crippen LogP contribution in [0.1, 0.15) is 33.6 Å². The number of nitrogens with zero attached hydrogens (tertiary/aromatic N) is 2. The molecule has 6 heteroatoms. The van der Waals surface area contributed by atoms with Crippen molar-refractivity contribution in [1.29, 1.82) is 0 Å². The van der Waals surface area contributed by atoms with Crippen LogP contribution >= 0.6 is 0 Å². The molecule has 3 rings (SSSR count). The van der Waals surface area contributed by atoms with E-state index < -0.39 is 0 Å². The highest BCUT2D eigenvalue weighted by Gasteiger charge is 2.28. The maximum atomic E-state index is 12.6. The molecule has 1 aromatic heterocycles. The first kappa shape index (κ1) is 17.0. The smallest absolute Gasteiger partial charge is 0.254 e. The van der Waals surface area contributed by atoms with Crippen LogP contribution in [0.4, 0.5) is 0 Å². The van der Waals surface area contributed by atoms with Gasteiger partial charge in [-0.05, 0) is 37.1 Å². The van der Waals surface area contributed by atoms with Gasteiger partial charge in [0, 0.05) is 36.7 Å². The van der Waals surface area contributed by atoms with Crippen molar-refractivity contribution in [3.8, 4) is 5.75 Å². The van der Waals surface area contributed by atoms with Crippen LogP contribution in [0.25, 0.3) is 0 Å². The second-order valence-electron chi connectivity index (χ2n) is 6.11. The van der Waals surface area contributed by atoms with Crippen LogP contribution in [0.5, 0.6) is 5.75 Å². The van der Waals surface area contributed by atoms with Gasteiger partial charge in [-0.2, -0.15) is 4.73 Å². The largest absolute Gasteiger partial charge is 0.619 e. The van der Waals surface area contributed by atoms with E-state index in [9.17, 15) is 14.8 Å². The maximum absolute atomic E-state index is 12.6. The van der Waals surface area contributed by atoms with Crippen molar-refractivity contribution in [2.45, 2.75) is 12.8 Å². The van der Waals surface area contributed by atoms with Gasteiger partial charge >= 0.3 is 0 Å². The average Bonchev–Trinajstić information content (AvgIpc) is 2.67. The number of piperidine rings is 1. The van der Waals surface area contributed by atoms with Crippen molar-refractivity contribution < 1.29 is 19.1 Å². The molecule has 2 heterocycles. The zero-order chi connectivity index (χ0) is 17.8. The van der Waals surface area contributed by atoms with Gasteiger partial charge in [-0.1, -0.05) is 0 Å². The molecule has 1 aromatic carbocycles. The molecule has 6 nitrogen and oxygen atoms in total.